The number of sulfone groups is 1. The van der Waals surface area contributed by atoms with Crippen LogP contribution in [0, 0.1) is 0 Å². The highest BCUT2D eigenvalue weighted by Crippen LogP contribution is 2.41. The van der Waals surface area contributed by atoms with Crippen molar-refractivity contribution >= 4 is 26.6 Å². The van der Waals surface area contributed by atoms with Crippen LogP contribution < -0.4 is 9.47 Å². The molecule has 7 nitrogen and oxygen atoms in total. The van der Waals surface area contributed by atoms with Crippen molar-refractivity contribution in [1.82, 2.24) is 9.88 Å². The van der Waals surface area contributed by atoms with Crippen molar-refractivity contribution in [3.63, 3.8) is 0 Å². The zero-order valence-electron chi connectivity index (χ0n) is 16.4. The molecule has 1 aromatic carbocycles. The first kappa shape index (κ1) is 19.1. The minimum atomic E-state index is -3.06. The summed E-state index contributed by atoms with van der Waals surface area (Å²) in [5.41, 5.74) is 2.26. The van der Waals surface area contributed by atoms with Gasteiger partial charge in [0.1, 0.15) is 23.3 Å². The number of benzene rings is 1. The average molecular weight is 407 g/mol. The molecule has 2 aliphatic heterocycles. The van der Waals surface area contributed by atoms with E-state index in [-0.39, 0.29) is 29.6 Å². The number of amides is 1. The second-order valence-corrected chi connectivity index (χ2v) is 9.78. The number of nitrogens with zero attached hydrogens (tertiary/aromatic N) is 1. The lowest BCUT2D eigenvalue weighted by Crippen LogP contribution is -2.41. The van der Waals surface area contributed by atoms with Crippen LogP contribution in [0.3, 0.4) is 0 Å². The van der Waals surface area contributed by atoms with Gasteiger partial charge in [0, 0.05) is 30.0 Å². The smallest absolute Gasteiger partial charge is 0.270 e. The number of nitrogens with one attached hydrogen (secondary N) is 1. The third-order valence-corrected chi connectivity index (χ3v) is 7.26. The molecule has 1 aromatic heterocycles. The summed E-state index contributed by atoms with van der Waals surface area (Å²) < 4.78 is 35.5. The van der Waals surface area contributed by atoms with Gasteiger partial charge in [-0.2, -0.15) is 0 Å². The van der Waals surface area contributed by atoms with E-state index < -0.39 is 9.84 Å². The van der Waals surface area contributed by atoms with E-state index in [1.54, 1.807) is 11.0 Å². The maximum absolute atomic E-state index is 13.2. The van der Waals surface area contributed by atoms with E-state index in [2.05, 4.69) is 4.98 Å². The summed E-state index contributed by atoms with van der Waals surface area (Å²) in [5.74, 6) is 1.49. The van der Waals surface area contributed by atoms with Crippen LogP contribution in [0.15, 0.2) is 12.1 Å². The number of hydrogen-bond donors (Lipinski definition) is 1. The first-order chi connectivity index (χ1) is 13.3. The fourth-order valence-corrected chi connectivity index (χ4v) is 5.99. The van der Waals surface area contributed by atoms with E-state index in [0.717, 1.165) is 34.4 Å². The second kappa shape index (κ2) is 6.99. The fraction of sp³-hybridized carbons (Fsp3) is 0.550. The largest absolute Gasteiger partial charge is 0.493 e. The molecule has 1 fully saturated rings. The van der Waals surface area contributed by atoms with Crippen LogP contribution in [-0.4, -0.2) is 61.0 Å². The minimum absolute atomic E-state index is 0.0348. The van der Waals surface area contributed by atoms with E-state index in [1.165, 1.54) is 0 Å². The normalized spacial score (nSPS) is 22.8. The Balaban J connectivity index is 1.74. The lowest BCUT2D eigenvalue weighted by atomic mass is 10.1. The molecule has 3 heterocycles. The van der Waals surface area contributed by atoms with Gasteiger partial charge < -0.3 is 19.4 Å². The van der Waals surface area contributed by atoms with Gasteiger partial charge in [0.15, 0.2) is 9.84 Å². The number of aromatic amines is 1. The summed E-state index contributed by atoms with van der Waals surface area (Å²) >= 11 is 0. The number of rotatable bonds is 5. The zero-order chi connectivity index (χ0) is 20.1. The highest BCUT2D eigenvalue weighted by molar-refractivity contribution is 7.91. The molecule has 0 radical (unpaired) electrons. The second-order valence-electron chi connectivity index (χ2n) is 7.55. The van der Waals surface area contributed by atoms with Crippen molar-refractivity contribution in [2.45, 2.75) is 45.8 Å². The SMILES string of the molecule is CCOc1cc2c(c3[nH]c(C(=O)N(CC)[C@@H]4CCS(=O)(=O)C4)cc13)O[C@H](C)C2. The summed E-state index contributed by atoms with van der Waals surface area (Å²) in [6, 6.07) is 3.51. The Bertz CT molecular complexity index is 1030. The quantitative estimate of drug-likeness (QED) is 0.824. The van der Waals surface area contributed by atoms with Gasteiger partial charge >= 0.3 is 0 Å². The van der Waals surface area contributed by atoms with Gasteiger partial charge in [-0.15, -0.1) is 0 Å². The Labute approximate surface area is 164 Å². The number of aromatic nitrogens is 1. The van der Waals surface area contributed by atoms with Crippen LogP contribution in [0.5, 0.6) is 11.5 Å². The number of carbonyl (C=O) groups excluding carboxylic acids is 1. The van der Waals surface area contributed by atoms with Crippen molar-refractivity contribution in [2.75, 3.05) is 24.7 Å². The average Bonchev–Trinajstić information content (AvgIpc) is 3.32. The Hall–Kier alpha value is -2.22. The summed E-state index contributed by atoms with van der Waals surface area (Å²) in [5, 5.41) is 0.813. The van der Waals surface area contributed by atoms with E-state index in [0.29, 0.717) is 25.3 Å². The highest BCUT2D eigenvalue weighted by atomic mass is 32.2. The van der Waals surface area contributed by atoms with E-state index >= 15 is 0 Å². The molecule has 0 unspecified atom stereocenters. The lowest BCUT2D eigenvalue weighted by Gasteiger charge is -2.26. The molecule has 152 valence electrons. The Morgan fingerprint density at radius 3 is 2.79 bits per heavy atom. The van der Waals surface area contributed by atoms with Gasteiger partial charge in [-0.05, 0) is 39.3 Å². The summed E-state index contributed by atoms with van der Waals surface area (Å²) in [6.07, 6.45) is 1.37. The van der Waals surface area contributed by atoms with Crippen molar-refractivity contribution in [3.8, 4) is 11.5 Å². The third kappa shape index (κ3) is 3.23. The van der Waals surface area contributed by atoms with E-state index in [9.17, 15) is 13.2 Å². The Kier molecular flexibility index (Phi) is 4.77. The van der Waals surface area contributed by atoms with Crippen molar-refractivity contribution in [2.24, 2.45) is 0 Å². The molecule has 1 N–H and O–H groups in total. The molecular formula is C20H26N2O5S. The Morgan fingerprint density at radius 1 is 1.36 bits per heavy atom. The number of H-pyrrole nitrogens is 1. The monoisotopic (exact) mass is 406 g/mol. The number of ether oxygens (including phenoxy) is 2. The number of fused-ring (bicyclic) bond motifs is 3. The number of carbonyl (C=O) groups is 1. The first-order valence-corrected chi connectivity index (χ1v) is 11.6. The van der Waals surface area contributed by atoms with Crippen LogP contribution in [0.2, 0.25) is 0 Å². The molecule has 1 saturated heterocycles. The molecule has 1 amide bonds. The summed E-state index contributed by atoms with van der Waals surface area (Å²) in [7, 11) is -3.06. The number of hydrogen-bond acceptors (Lipinski definition) is 5. The maximum Gasteiger partial charge on any atom is 0.270 e. The molecule has 0 saturated carbocycles. The summed E-state index contributed by atoms with van der Waals surface area (Å²) in [4.78, 5) is 18.1. The topological polar surface area (TPSA) is 88.7 Å². The molecule has 0 aliphatic carbocycles. The van der Waals surface area contributed by atoms with E-state index in [1.807, 2.05) is 26.8 Å². The molecule has 2 atom stereocenters. The fourth-order valence-electron chi connectivity index (χ4n) is 4.26. The summed E-state index contributed by atoms with van der Waals surface area (Å²) in [6.45, 7) is 6.80. The van der Waals surface area contributed by atoms with Crippen molar-refractivity contribution in [3.05, 3.63) is 23.4 Å². The third-order valence-electron chi connectivity index (χ3n) is 5.51. The van der Waals surface area contributed by atoms with E-state index in [4.69, 9.17) is 9.47 Å². The molecule has 4 rings (SSSR count). The first-order valence-electron chi connectivity index (χ1n) is 9.82. The van der Waals surface area contributed by atoms with Crippen molar-refractivity contribution in [1.29, 1.82) is 0 Å². The maximum atomic E-state index is 13.2. The highest BCUT2D eigenvalue weighted by Gasteiger charge is 2.35. The van der Waals surface area contributed by atoms with Gasteiger partial charge in [-0.3, -0.25) is 4.79 Å². The standard InChI is InChI=1S/C20H26N2O5S/c1-4-22(14-6-7-28(24,25)11-14)20(23)16-10-15-17(26-5-2)9-13-8-12(3)27-19(13)18(15)21-16/h9-10,12,14,21H,4-8,11H2,1-3H3/t12-,14-/m1/s1. The van der Waals surface area contributed by atoms with Gasteiger partial charge in [-0.25, -0.2) is 8.42 Å². The van der Waals surface area contributed by atoms with Crippen molar-refractivity contribution < 1.29 is 22.7 Å². The van der Waals surface area contributed by atoms with Gasteiger partial charge in [-0.1, -0.05) is 0 Å². The van der Waals surface area contributed by atoms with Crippen LogP contribution >= 0.6 is 0 Å². The minimum Gasteiger partial charge on any atom is -0.493 e. The molecule has 28 heavy (non-hydrogen) atoms. The lowest BCUT2D eigenvalue weighted by molar-refractivity contribution is 0.0703. The molecule has 8 heteroatoms. The van der Waals surface area contributed by atoms with Gasteiger partial charge in [0.2, 0.25) is 0 Å². The molecule has 0 bridgehead atoms. The Morgan fingerprint density at radius 2 is 2.14 bits per heavy atom. The molecule has 2 aromatic rings. The van der Waals surface area contributed by atoms with Crippen LogP contribution in [0.1, 0.15) is 43.2 Å². The molecular weight excluding hydrogens is 380 g/mol. The predicted octanol–water partition coefficient (Wildman–Crippen LogP) is 2.54. The van der Waals surface area contributed by atoms with Crippen LogP contribution in [0.4, 0.5) is 0 Å². The van der Waals surface area contributed by atoms with Crippen LogP contribution in [-0.2, 0) is 16.3 Å². The zero-order valence-corrected chi connectivity index (χ0v) is 17.3. The van der Waals surface area contributed by atoms with Gasteiger partial charge in [0.25, 0.3) is 5.91 Å². The predicted molar refractivity (Wildman–Crippen MR) is 107 cm³/mol. The van der Waals surface area contributed by atoms with Crippen LogP contribution in [0.25, 0.3) is 10.9 Å². The molecule has 0 spiro atoms. The molecule has 2 aliphatic rings. The van der Waals surface area contributed by atoms with Gasteiger partial charge in [0.05, 0.1) is 23.6 Å².